The third-order valence-corrected chi connectivity index (χ3v) is 11.4. The van der Waals surface area contributed by atoms with Crippen molar-refractivity contribution in [2.24, 2.45) is 0 Å². The second-order valence-corrected chi connectivity index (χ2v) is 17.5. The van der Waals surface area contributed by atoms with Gasteiger partial charge in [-0.05, 0) is 38.5 Å². The SMILES string of the molecule is CC\C=C/C=C\C=C/C=C\C=C/CCCCCC(=O)OC(COC(=O)CCCCCCCCCCCCCC)COC(=O)CCCCCCCCCCCCCCCCCCC. The van der Waals surface area contributed by atoms with E-state index in [1.165, 1.54) is 148 Å². The van der Waals surface area contributed by atoms with Crippen LogP contribution in [-0.4, -0.2) is 37.2 Å². The molecule has 62 heavy (non-hydrogen) atoms. The van der Waals surface area contributed by atoms with E-state index in [9.17, 15) is 14.4 Å². The van der Waals surface area contributed by atoms with Gasteiger partial charge in [0.15, 0.2) is 6.10 Å². The number of rotatable bonds is 47. The summed E-state index contributed by atoms with van der Waals surface area (Å²) in [6.07, 6.45) is 62.0. The first kappa shape index (κ1) is 59.1. The van der Waals surface area contributed by atoms with Crippen LogP contribution in [0.3, 0.4) is 0 Å². The maximum atomic E-state index is 12.8. The van der Waals surface area contributed by atoms with Gasteiger partial charge >= 0.3 is 17.9 Å². The average molecular weight is 867 g/mol. The van der Waals surface area contributed by atoms with Crippen LogP contribution in [0.2, 0.25) is 0 Å². The first-order chi connectivity index (χ1) is 30.5. The highest BCUT2D eigenvalue weighted by molar-refractivity contribution is 5.71. The molecular weight excluding hydrogens is 769 g/mol. The van der Waals surface area contributed by atoms with E-state index in [2.05, 4.69) is 32.9 Å². The Morgan fingerprint density at radius 2 is 0.629 bits per heavy atom. The van der Waals surface area contributed by atoms with Crippen molar-refractivity contribution in [3.63, 3.8) is 0 Å². The molecule has 0 bridgehead atoms. The normalized spacial score (nSPS) is 12.5. The molecule has 0 radical (unpaired) electrons. The van der Waals surface area contributed by atoms with Crippen LogP contribution in [-0.2, 0) is 28.6 Å². The number of hydrogen-bond acceptors (Lipinski definition) is 6. The highest BCUT2D eigenvalue weighted by Crippen LogP contribution is 2.16. The fourth-order valence-corrected chi connectivity index (χ4v) is 7.46. The molecule has 0 aliphatic rings. The van der Waals surface area contributed by atoms with Gasteiger partial charge in [0, 0.05) is 19.3 Å². The Morgan fingerprint density at radius 3 is 0.984 bits per heavy atom. The standard InChI is InChI=1S/C56H98O6/c1-4-7-10-13-16-19-22-25-27-28-30-31-34-37-40-43-46-49-55(58)61-52-53(51-60-54(57)48-45-42-39-36-33-24-21-18-15-12-9-6-3)62-56(59)50-47-44-41-38-35-32-29-26-23-20-17-14-11-8-5-2/h8,11,14,17,20,23,26,29,32,35,53H,4-7,9-10,12-13,15-16,18-19,21-22,24-25,27-28,30-31,33-34,36-52H2,1-3H3/b11-8-,17-14-,23-20-,29-26-,35-32-. The van der Waals surface area contributed by atoms with E-state index in [0.29, 0.717) is 19.3 Å². The highest BCUT2D eigenvalue weighted by Gasteiger charge is 2.19. The van der Waals surface area contributed by atoms with Crippen molar-refractivity contribution < 1.29 is 28.6 Å². The van der Waals surface area contributed by atoms with Gasteiger partial charge in [-0.1, -0.05) is 261 Å². The Hall–Kier alpha value is -2.89. The lowest BCUT2D eigenvalue weighted by Crippen LogP contribution is -2.30. The van der Waals surface area contributed by atoms with Crippen molar-refractivity contribution in [3.05, 3.63) is 60.8 Å². The number of unbranched alkanes of at least 4 members (excludes halogenated alkanes) is 30. The molecule has 358 valence electrons. The number of allylic oxidation sites excluding steroid dienone is 10. The second-order valence-electron chi connectivity index (χ2n) is 17.5. The summed E-state index contributed by atoms with van der Waals surface area (Å²) in [6.45, 7) is 6.48. The van der Waals surface area contributed by atoms with Gasteiger partial charge in [-0.3, -0.25) is 14.4 Å². The highest BCUT2D eigenvalue weighted by atomic mass is 16.6. The van der Waals surface area contributed by atoms with Gasteiger partial charge in [0.2, 0.25) is 0 Å². The smallest absolute Gasteiger partial charge is 0.306 e. The van der Waals surface area contributed by atoms with Gasteiger partial charge in [-0.2, -0.15) is 0 Å². The number of esters is 3. The van der Waals surface area contributed by atoms with E-state index in [-0.39, 0.29) is 37.5 Å². The summed E-state index contributed by atoms with van der Waals surface area (Å²) in [5.74, 6) is -0.922. The van der Waals surface area contributed by atoms with Gasteiger partial charge in [0.25, 0.3) is 0 Å². The molecule has 0 aliphatic carbocycles. The van der Waals surface area contributed by atoms with Gasteiger partial charge in [-0.25, -0.2) is 0 Å². The van der Waals surface area contributed by atoms with Crippen LogP contribution in [0.1, 0.15) is 258 Å². The molecule has 1 unspecified atom stereocenters. The molecule has 0 aromatic rings. The van der Waals surface area contributed by atoms with Crippen molar-refractivity contribution in [2.75, 3.05) is 13.2 Å². The van der Waals surface area contributed by atoms with Gasteiger partial charge in [-0.15, -0.1) is 0 Å². The molecule has 0 spiro atoms. The van der Waals surface area contributed by atoms with Crippen LogP contribution >= 0.6 is 0 Å². The Labute approximate surface area is 383 Å². The maximum Gasteiger partial charge on any atom is 0.306 e. The monoisotopic (exact) mass is 867 g/mol. The number of ether oxygens (including phenoxy) is 3. The first-order valence-corrected chi connectivity index (χ1v) is 26.4. The van der Waals surface area contributed by atoms with Crippen LogP contribution in [0.15, 0.2) is 60.8 Å². The molecule has 0 saturated heterocycles. The molecule has 0 fully saturated rings. The van der Waals surface area contributed by atoms with Crippen LogP contribution in [0, 0.1) is 0 Å². The fraction of sp³-hybridized carbons (Fsp3) is 0.768. The first-order valence-electron chi connectivity index (χ1n) is 26.4. The van der Waals surface area contributed by atoms with Crippen LogP contribution < -0.4 is 0 Å². The Kier molecular flexibility index (Phi) is 48.4. The lowest BCUT2D eigenvalue weighted by atomic mass is 10.0. The molecule has 0 saturated carbocycles. The van der Waals surface area contributed by atoms with E-state index in [4.69, 9.17) is 14.2 Å². The Balaban J connectivity index is 4.41. The summed E-state index contributed by atoms with van der Waals surface area (Å²) in [5, 5.41) is 0. The minimum absolute atomic E-state index is 0.0882. The lowest BCUT2D eigenvalue weighted by molar-refractivity contribution is -0.167. The molecule has 0 aromatic carbocycles. The molecule has 1 atom stereocenters. The van der Waals surface area contributed by atoms with E-state index in [1.807, 2.05) is 48.6 Å². The zero-order valence-electron chi connectivity index (χ0n) is 40.9. The number of carbonyl (C=O) groups is 3. The topological polar surface area (TPSA) is 78.9 Å². The van der Waals surface area contributed by atoms with Crippen molar-refractivity contribution >= 4 is 17.9 Å². The largest absolute Gasteiger partial charge is 0.462 e. The molecule has 0 amide bonds. The van der Waals surface area contributed by atoms with Crippen molar-refractivity contribution in [3.8, 4) is 0 Å². The van der Waals surface area contributed by atoms with Crippen LogP contribution in [0.4, 0.5) is 0 Å². The lowest BCUT2D eigenvalue weighted by Gasteiger charge is -2.18. The predicted octanol–water partition coefficient (Wildman–Crippen LogP) is 17.3. The maximum absolute atomic E-state index is 12.8. The van der Waals surface area contributed by atoms with E-state index >= 15 is 0 Å². The molecule has 0 N–H and O–H groups in total. The number of hydrogen-bond donors (Lipinski definition) is 0. The van der Waals surface area contributed by atoms with Crippen molar-refractivity contribution in [1.82, 2.24) is 0 Å². The van der Waals surface area contributed by atoms with Crippen LogP contribution in [0.5, 0.6) is 0 Å². The molecule has 0 aliphatic heterocycles. The van der Waals surface area contributed by atoms with Gasteiger partial charge < -0.3 is 14.2 Å². The minimum Gasteiger partial charge on any atom is -0.462 e. The molecule has 6 nitrogen and oxygen atoms in total. The molecule has 0 aromatic heterocycles. The second kappa shape index (κ2) is 50.8. The molecule has 0 heterocycles. The van der Waals surface area contributed by atoms with Crippen molar-refractivity contribution in [2.45, 2.75) is 264 Å². The summed E-state index contributed by atoms with van der Waals surface area (Å²) in [6, 6.07) is 0. The zero-order chi connectivity index (χ0) is 45.1. The predicted molar refractivity (Wildman–Crippen MR) is 265 cm³/mol. The molecule has 6 heteroatoms. The molecular formula is C56H98O6. The minimum atomic E-state index is -0.792. The summed E-state index contributed by atoms with van der Waals surface area (Å²) < 4.78 is 16.8. The third kappa shape index (κ3) is 48.1. The van der Waals surface area contributed by atoms with E-state index in [0.717, 1.165) is 64.2 Å². The Morgan fingerprint density at radius 1 is 0.339 bits per heavy atom. The van der Waals surface area contributed by atoms with E-state index in [1.54, 1.807) is 0 Å². The molecule has 0 rings (SSSR count). The average Bonchev–Trinajstić information content (AvgIpc) is 3.27. The zero-order valence-corrected chi connectivity index (χ0v) is 40.9. The van der Waals surface area contributed by atoms with Gasteiger partial charge in [0.1, 0.15) is 13.2 Å². The Bertz CT molecular complexity index is 1130. The van der Waals surface area contributed by atoms with Gasteiger partial charge in [0.05, 0.1) is 0 Å². The third-order valence-electron chi connectivity index (χ3n) is 11.4. The summed E-state index contributed by atoms with van der Waals surface area (Å²) in [4.78, 5) is 38.0. The number of carbonyl (C=O) groups excluding carboxylic acids is 3. The summed E-state index contributed by atoms with van der Waals surface area (Å²) >= 11 is 0. The van der Waals surface area contributed by atoms with E-state index < -0.39 is 6.10 Å². The quantitative estimate of drug-likeness (QED) is 0.0262. The summed E-state index contributed by atoms with van der Waals surface area (Å²) in [7, 11) is 0. The van der Waals surface area contributed by atoms with Crippen molar-refractivity contribution in [1.29, 1.82) is 0 Å². The fourth-order valence-electron chi connectivity index (χ4n) is 7.46. The van der Waals surface area contributed by atoms with Crippen LogP contribution in [0.25, 0.3) is 0 Å². The summed E-state index contributed by atoms with van der Waals surface area (Å²) in [5.41, 5.74) is 0.